The third-order valence-electron chi connectivity index (χ3n) is 2.30. The van der Waals surface area contributed by atoms with Crippen LogP contribution in [0.25, 0.3) is 0 Å². The van der Waals surface area contributed by atoms with Crippen molar-refractivity contribution in [1.29, 1.82) is 0 Å². The van der Waals surface area contributed by atoms with Gasteiger partial charge in [0.15, 0.2) is 0 Å². The highest BCUT2D eigenvalue weighted by atomic mass is 32.2. The highest BCUT2D eigenvalue weighted by Crippen LogP contribution is 2.21. The van der Waals surface area contributed by atoms with E-state index in [-0.39, 0.29) is 5.91 Å². The number of hydrogen-bond donors (Lipinski definition) is 2. The summed E-state index contributed by atoms with van der Waals surface area (Å²) in [4.78, 5) is 11.4. The average Bonchev–Trinajstić information content (AvgIpc) is 2.35. The second-order valence-corrected chi connectivity index (χ2v) is 4.94. The van der Waals surface area contributed by atoms with E-state index in [4.69, 9.17) is 10.5 Å². The molecule has 0 saturated heterocycles. The van der Waals surface area contributed by atoms with Crippen molar-refractivity contribution < 1.29 is 9.53 Å². The number of ether oxygens (including phenoxy) is 1. The Balaban J connectivity index is 2.39. The third-order valence-corrected chi connectivity index (χ3v) is 3.30. The molecule has 0 aromatic heterocycles. The molecule has 100 valence electrons. The summed E-state index contributed by atoms with van der Waals surface area (Å²) in [5.74, 6) is 2.05. The number of nitrogen functional groups attached to an aromatic ring is 1. The molecule has 0 heterocycles. The Labute approximate surface area is 112 Å². The van der Waals surface area contributed by atoms with Crippen LogP contribution in [-0.4, -0.2) is 25.3 Å². The summed E-state index contributed by atoms with van der Waals surface area (Å²) in [6.07, 6.45) is 0.961. The first kappa shape index (κ1) is 14.7. The molecule has 0 spiro atoms. The number of nitrogens with two attached hydrogens (primary N) is 1. The van der Waals surface area contributed by atoms with Crippen molar-refractivity contribution in [3.8, 4) is 5.75 Å². The molecule has 0 bridgehead atoms. The van der Waals surface area contributed by atoms with Crippen molar-refractivity contribution in [2.24, 2.45) is 0 Å². The molecule has 1 aromatic carbocycles. The number of carbonyl (C=O) groups excluding carboxylic acids is 1. The van der Waals surface area contributed by atoms with Gasteiger partial charge >= 0.3 is 0 Å². The van der Waals surface area contributed by atoms with E-state index in [9.17, 15) is 4.79 Å². The molecule has 0 saturated carbocycles. The Morgan fingerprint density at radius 3 is 2.89 bits per heavy atom. The van der Waals surface area contributed by atoms with Crippen LogP contribution in [0.1, 0.15) is 18.9 Å². The van der Waals surface area contributed by atoms with Gasteiger partial charge in [-0.25, -0.2) is 0 Å². The first-order valence-corrected chi connectivity index (χ1v) is 7.09. The molecule has 0 aliphatic heterocycles. The SMILES string of the molecule is CCCNC(=O)CSCc1cc(N)cc(OC)c1. The Bertz CT molecular complexity index is 397. The van der Waals surface area contributed by atoms with Crippen molar-refractivity contribution in [3.63, 3.8) is 0 Å². The zero-order valence-electron chi connectivity index (χ0n) is 10.9. The zero-order chi connectivity index (χ0) is 13.4. The number of rotatable bonds is 7. The Morgan fingerprint density at radius 2 is 2.22 bits per heavy atom. The Morgan fingerprint density at radius 1 is 1.44 bits per heavy atom. The summed E-state index contributed by atoms with van der Waals surface area (Å²) < 4.78 is 5.15. The van der Waals surface area contributed by atoms with Gasteiger partial charge in [0.05, 0.1) is 12.9 Å². The van der Waals surface area contributed by atoms with Gasteiger partial charge in [0, 0.05) is 24.1 Å². The minimum atomic E-state index is 0.0812. The van der Waals surface area contributed by atoms with Crippen molar-refractivity contribution in [1.82, 2.24) is 5.32 Å². The fraction of sp³-hybridized carbons (Fsp3) is 0.462. The van der Waals surface area contributed by atoms with Gasteiger partial charge in [-0.1, -0.05) is 6.92 Å². The predicted molar refractivity (Wildman–Crippen MR) is 76.9 cm³/mol. The number of nitrogens with one attached hydrogen (secondary N) is 1. The predicted octanol–water partition coefficient (Wildman–Crippen LogP) is 2.04. The van der Waals surface area contributed by atoms with Gasteiger partial charge in [-0.05, 0) is 24.1 Å². The van der Waals surface area contributed by atoms with Gasteiger partial charge in [-0.2, -0.15) is 0 Å². The number of carbonyl (C=O) groups is 1. The lowest BCUT2D eigenvalue weighted by molar-refractivity contribution is -0.118. The number of amides is 1. The van der Waals surface area contributed by atoms with Crippen LogP contribution in [0.4, 0.5) is 5.69 Å². The standard InChI is InChI=1S/C13H20N2O2S/c1-3-4-15-13(16)9-18-8-10-5-11(14)7-12(6-10)17-2/h5-7H,3-4,8-9,14H2,1-2H3,(H,15,16). The fourth-order valence-electron chi connectivity index (χ4n) is 1.46. The summed E-state index contributed by atoms with van der Waals surface area (Å²) >= 11 is 1.57. The normalized spacial score (nSPS) is 10.1. The van der Waals surface area contributed by atoms with Crippen LogP contribution in [0.2, 0.25) is 0 Å². The topological polar surface area (TPSA) is 64.4 Å². The molecule has 5 heteroatoms. The Kier molecular flexibility index (Phi) is 6.43. The zero-order valence-corrected chi connectivity index (χ0v) is 11.7. The smallest absolute Gasteiger partial charge is 0.230 e. The fourth-order valence-corrected chi connectivity index (χ4v) is 2.26. The van der Waals surface area contributed by atoms with Crippen LogP contribution in [0.5, 0.6) is 5.75 Å². The van der Waals surface area contributed by atoms with E-state index < -0.39 is 0 Å². The van der Waals surface area contributed by atoms with Gasteiger partial charge < -0.3 is 15.8 Å². The molecule has 3 N–H and O–H groups in total. The van der Waals surface area contributed by atoms with E-state index in [1.165, 1.54) is 0 Å². The number of benzene rings is 1. The second-order valence-electron chi connectivity index (χ2n) is 3.96. The molecule has 4 nitrogen and oxygen atoms in total. The summed E-state index contributed by atoms with van der Waals surface area (Å²) in [5, 5.41) is 2.84. The summed E-state index contributed by atoms with van der Waals surface area (Å²) in [5.41, 5.74) is 7.51. The monoisotopic (exact) mass is 268 g/mol. The molecule has 1 amide bonds. The maximum absolute atomic E-state index is 11.4. The third kappa shape index (κ3) is 5.31. The van der Waals surface area contributed by atoms with Crippen LogP contribution in [0.15, 0.2) is 18.2 Å². The minimum absolute atomic E-state index is 0.0812. The van der Waals surface area contributed by atoms with Crippen molar-refractivity contribution in [2.75, 3.05) is 25.1 Å². The van der Waals surface area contributed by atoms with Crippen molar-refractivity contribution in [2.45, 2.75) is 19.1 Å². The van der Waals surface area contributed by atoms with E-state index in [0.29, 0.717) is 11.4 Å². The van der Waals surface area contributed by atoms with Gasteiger partial charge in [-0.15, -0.1) is 11.8 Å². The van der Waals surface area contributed by atoms with E-state index in [1.807, 2.05) is 19.1 Å². The maximum Gasteiger partial charge on any atom is 0.230 e. The molecule has 0 unspecified atom stereocenters. The van der Waals surface area contributed by atoms with Gasteiger partial charge in [-0.3, -0.25) is 4.79 Å². The van der Waals surface area contributed by atoms with E-state index in [0.717, 1.165) is 30.0 Å². The lowest BCUT2D eigenvalue weighted by Gasteiger charge is -2.07. The summed E-state index contributed by atoms with van der Waals surface area (Å²) in [6.45, 7) is 2.78. The number of hydrogen-bond acceptors (Lipinski definition) is 4. The van der Waals surface area contributed by atoms with Crippen LogP contribution < -0.4 is 15.8 Å². The highest BCUT2D eigenvalue weighted by Gasteiger charge is 2.03. The lowest BCUT2D eigenvalue weighted by Crippen LogP contribution is -2.25. The van der Waals surface area contributed by atoms with Crippen LogP contribution in [-0.2, 0) is 10.5 Å². The number of anilines is 1. The van der Waals surface area contributed by atoms with Crippen molar-refractivity contribution >= 4 is 23.4 Å². The second kappa shape index (κ2) is 7.87. The average molecular weight is 268 g/mol. The van der Waals surface area contributed by atoms with Gasteiger partial charge in [0.25, 0.3) is 0 Å². The number of thioether (sulfide) groups is 1. The van der Waals surface area contributed by atoms with Crippen LogP contribution >= 0.6 is 11.8 Å². The summed E-state index contributed by atoms with van der Waals surface area (Å²) in [6, 6.07) is 5.62. The molecule has 1 aromatic rings. The van der Waals surface area contributed by atoms with Crippen LogP contribution in [0.3, 0.4) is 0 Å². The molecular weight excluding hydrogens is 248 g/mol. The van der Waals surface area contributed by atoms with Crippen LogP contribution in [0, 0.1) is 0 Å². The van der Waals surface area contributed by atoms with E-state index in [1.54, 1.807) is 24.9 Å². The van der Waals surface area contributed by atoms with Gasteiger partial charge in [0.1, 0.15) is 5.75 Å². The Hall–Kier alpha value is -1.36. The molecule has 18 heavy (non-hydrogen) atoms. The lowest BCUT2D eigenvalue weighted by atomic mass is 10.2. The molecule has 1 rings (SSSR count). The highest BCUT2D eigenvalue weighted by molar-refractivity contribution is 7.99. The molecule has 0 fully saturated rings. The maximum atomic E-state index is 11.4. The molecule has 0 radical (unpaired) electrons. The quantitative estimate of drug-likeness (QED) is 0.743. The molecular formula is C13H20N2O2S. The minimum Gasteiger partial charge on any atom is -0.497 e. The molecule has 0 aliphatic rings. The van der Waals surface area contributed by atoms with Crippen molar-refractivity contribution in [3.05, 3.63) is 23.8 Å². The number of methoxy groups -OCH3 is 1. The van der Waals surface area contributed by atoms with E-state index in [2.05, 4.69) is 5.32 Å². The molecule has 0 atom stereocenters. The molecule has 0 aliphatic carbocycles. The first-order chi connectivity index (χ1) is 8.65. The van der Waals surface area contributed by atoms with Gasteiger partial charge in [0.2, 0.25) is 5.91 Å². The first-order valence-electron chi connectivity index (χ1n) is 5.93. The summed E-state index contributed by atoms with van der Waals surface area (Å²) in [7, 11) is 1.61. The largest absolute Gasteiger partial charge is 0.497 e. The van der Waals surface area contributed by atoms with E-state index >= 15 is 0 Å².